The van der Waals surface area contributed by atoms with Crippen LogP contribution in [0.3, 0.4) is 0 Å². The van der Waals surface area contributed by atoms with Gasteiger partial charge in [-0.3, -0.25) is 14.9 Å². The van der Waals surface area contributed by atoms with Gasteiger partial charge in [-0.05, 0) is 25.1 Å². The predicted molar refractivity (Wildman–Crippen MR) is 95.6 cm³/mol. The first kappa shape index (κ1) is 19.1. The van der Waals surface area contributed by atoms with Gasteiger partial charge < -0.3 is 20.7 Å². The molecule has 1 aromatic carbocycles. The summed E-state index contributed by atoms with van der Waals surface area (Å²) in [5.41, 5.74) is 1.66. The van der Waals surface area contributed by atoms with Crippen molar-refractivity contribution in [3.63, 3.8) is 0 Å². The van der Waals surface area contributed by atoms with E-state index in [-0.39, 0.29) is 40.6 Å². The molecule has 0 bridgehead atoms. The topological polar surface area (TPSA) is 106 Å². The molecule has 0 fully saturated rings. The number of benzene rings is 1. The Labute approximate surface area is 147 Å². The minimum Gasteiger partial charge on any atom is -0.381 e. The summed E-state index contributed by atoms with van der Waals surface area (Å²) in [5.74, 6) is -0.146. The van der Waals surface area contributed by atoms with E-state index in [1.807, 2.05) is 7.05 Å². The molecule has 0 radical (unpaired) electrons. The lowest BCUT2D eigenvalue weighted by Crippen LogP contribution is -2.48. The zero-order valence-electron chi connectivity index (χ0n) is 15.1. The van der Waals surface area contributed by atoms with Crippen molar-refractivity contribution in [1.82, 2.24) is 10.6 Å². The number of anilines is 1. The number of ether oxygens (including phenoxy) is 1. The van der Waals surface area contributed by atoms with Gasteiger partial charge in [-0.2, -0.15) is 0 Å². The fourth-order valence-electron chi connectivity index (χ4n) is 3.11. The van der Waals surface area contributed by atoms with E-state index >= 15 is 0 Å². The van der Waals surface area contributed by atoms with Crippen molar-refractivity contribution in [2.24, 2.45) is 5.41 Å². The molecule has 2 unspecified atom stereocenters. The molecule has 3 N–H and O–H groups in total. The molecular formula is C17H26N4O4. The number of hydrogen-bond acceptors (Lipinski definition) is 6. The van der Waals surface area contributed by atoms with E-state index in [1.54, 1.807) is 12.1 Å². The SMILES string of the molecule is CNC1CC(C(C)(C)CNC(=O)COC)Nc2ccc([N+](=O)[O-])cc21. The maximum absolute atomic E-state index is 11.7. The molecular weight excluding hydrogens is 324 g/mol. The Morgan fingerprint density at radius 1 is 1.48 bits per heavy atom. The van der Waals surface area contributed by atoms with Crippen molar-refractivity contribution in [1.29, 1.82) is 0 Å². The van der Waals surface area contributed by atoms with E-state index in [2.05, 4.69) is 29.8 Å². The first-order valence-electron chi connectivity index (χ1n) is 8.26. The van der Waals surface area contributed by atoms with Gasteiger partial charge >= 0.3 is 0 Å². The number of nitro benzene ring substituents is 1. The summed E-state index contributed by atoms with van der Waals surface area (Å²) in [6.45, 7) is 4.72. The Kier molecular flexibility index (Phi) is 5.97. The second-order valence-corrected chi connectivity index (χ2v) is 7.00. The van der Waals surface area contributed by atoms with Gasteiger partial charge in [-0.25, -0.2) is 0 Å². The fraction of sp³-hybridized carbons (Fsp3) is 0.588. The molecule has 0 spiro atoms. The maximum atomic E-state index is 11.7. The Hall–Kier alpha value is -2.19. The van der Waals surface area contributed by atoms with E-state index in [4.69, 9.17) is 4.74 Å². The number of hydrogen-bond donors (Lipinski definition) is 3. The summed E-state index contributed by atoms with van der Waals surface area (Å²) in [5, 5.41) is 20.6. The van der Waals surface area contributed by atoms with Crippen molar-refractivity contribution < 1.29 is 14.5 Å². The van der Waals surface area contributed by atoms with E-state index in [1.165, 1.54) is 13.2 Å². The fourth-order valence-corrected chi connectivity index (χ4v) is 3.11. The van der Waals surface area contributed by atoms with E-state index in [9.17, 15) is 14.9 Å². The van der Waals surface area contributed by atoms with Crippen LogP contribution in [0.1, 0.15) is 31.9 Å². The zero-order valence-corrected chi connectivity index (χ0v) is 15.1. The number of methoxy groups -OCH3 is 1. The molecule has 1 amide bonds. The van der Waals surface area contributed by atoms with Crippen molar-refractivity contribution >= 4 is 17.3 Å². The summed E-state index contributed by atoms with van der Waals surface area (Å²) < 4.78 is 4.83. The van der Waals surface area contributed by atoms with Gasteiger partial charge in [0, 0.05) is 49.0 Å². The summed E-state index contributed by atoms with van der Waals surface area (Å²) in [7, 11) is 3.34. The number of amides is 1. The lowest BCUT2D eigenvalue weighted by atomic mass is 9.77. The number of fused-ring (bicyclic) bond motifs is 1. The number of nitrogens with zero attached hydrogens (tertiary/aromatic N) is 1. The Morgan fingerprint density at radius 3 is 2.80 bits per heavy atom. The van der Waals surface area contributed by atoms with Crippen LogP contribution in [0.25, 0.3) is 0 Å². The standard InChI is InChI=1S/C17H26N4O4/c1-17(2,10-19-16(22)9-25-4)15-8-14(18-3)12-7-11(21(23)24)5-6-13(12)20-15/h5-7,14-15,18,20H,8-10H2,1-4H3,(H,19,22). The number of rotatable bonds is 7. The second kappa shape index (κ2) is 7.79. The Bertz CT molecular complexity index is 648. The molecule has 2 rings (SSSR count). The summed E-state index contributed by atoms with van der Waals surface area (Å²) in [6.07, 6.45) is 0.762. The van der Waals surface area contributed by atoms with Gasteiger partial charge in [0.05, 0.1) is 4.92 Å². The number of carbonyl (C=O) groups is 1. The van der Waals surface area contributed by atoms with Crippen LogP contribution in [-0.4, -0.2) is 44.2 Å². The normalized spacial score (nSPS) is 19.7. The lowest BCUT2D eigenvalue weighted by molar-refractivity contribution is -0.384. The third kappa shape index (κ3) is 4.46. The molecule has 1 aliphatic rings. The minimum atomic E-state index is -0.381. The molecule has 2 atom stereocenters. The molecule has 1 aromatic rings. The average molecular weight is 350 g/mol. The van der Waals surface area contributed by atoms with E-state index < -0.39 is 0 Å². The van der Waals surface area contributed by atoms with E-state index in [0.717, 1.165) is 17.7 Å². The molecule has 0 aromatic heterocycles. The lowest BCUT2D eigenvalue weighted by Gasteiger charge is -2.42. The monoisotopic (exact) mass is 350 g/mol. The first-order valence-corrected chi connectivity index (χ1v) is 8.26. The molecule has 1 heterocycles. The van der Waals surface area contributed by atoms with Crippen LogP contribution < -0.4 is 16.0 Å². The molecule has 0 saturated carbocycles. The molecule has 25 heavy (non-hydrogen) atoms. The van der Waals surface area contributed by atoms with Crippen molar-refractivity contribution in [3.05, 3.63) is 33.9 Å². The third-order valence-electron chi connectivity index (χ3n) is 4.73. The summed E-state index contributed by atoms with van der Waals surface area (Å²) >= 11 is 0. The predicted octanol–water partition coefficient (Wildman–Crippen LogP) is 1.83. The highest BCUT2D eigenvalue weighted by molar-refractivity contribution is 5.77. The first-order chi connectivity index (χ1) is 11.8. The Morgan fingerprint density at radius 2 is 2.20 bits per heavy atom. The van der Waals surface area contributed by atoms with Gasteiger partial charge in [0.15, 0.2) is 0 Å². The van der Waals surface area contributed by atoms with Gasteiger partial charge in [-0.1, -0.05) is 13.8 Å². The molecule has 1 aliphatic heterocycles. The van der Waals surface area contributed by atoms with Crippen LogP contribution in [0, 0.1) is 15.5 Å². The van der Waals surface area contributed by atoms with Crippen LogP contribution in [0.2, 0.25) is 0 Å². The van der Waals surface area contributed by atoms with Gasteiger partial charge in [0.25, 0.3) is 5.69 Å². The van der Waals surface area contributed by atoms with Crippen molar-refractivity contribution in [2.45, 2.75) is 32.4 Å². The smallest absolute Gasteiger partial charge is 0.269 e. The highest BCUT2D eigenvalue weighted by atomic mass is 16.6. The number of carbonyl (C=O) groups excluding carboxylic acids is 1. The largest absolute Gasteiger partial charge is 0.381 e. The number of non-ortho nitro benzene ring substituents is 1. The van der Waals surface area contributed by atoms with Gasteiger partial charge in [0.2, 0.25) is 5.91 Å². The third-order valence-corrected chi connectivity index (χ3v) is 4.73. The molecule has 0 saturated heterocycles. The van der Waals surface area contributed by atoms with Crippen LogP contribution in [-0.2, 0) is 9.53 Å². The number of nitrogens with one attached hydrogen (secondary N) is 3. The molecule has 138 valence electrons. The second-order valence-electron chi connectivity index (χ2n) is 7.00. The summed E-state index contributed by atoms with van der Waals surface area (Å²) in [6, 6.07) is 4.99. The van der Waals surface area contributed by atoms with Gasteiger partial charge in [0.1, 0.15) is 6.61 Å². The zero-order chi connectivity index (χ0) is 18.6. The average Bonchev–Trinajstić information content (AvgIpc) is 2.58. The van der Waals surface area contributed by atoms with Crippen LogP contribution in [0.4, 0.5) is 11.4 Å². The van der Waals surface area contributed by atoms with E-state index in [0.29, 0.717) is 6.54 Å². The van der Waals surface area contributed by atoms with Crippen LogP contribution in [0.15, 0.2) is 18.2 Å². The molecule has 0 aliphatic carbocycles. The molecule has 8 heteroatoms. The quantitative estimate of drug-likeness (QED) is 0.512. The molecule has 8 nitrogen and oxygen atoms in total. The minimum absolute atomic E-state index is 0.00935. The summed E-state index contributed by atoms with van der Waals surface area (Å²) in [4.78, 5) is 22.3. The van der Waals surface area contributed by atoms with Crippen molar-refractivity contribution in [2.75, 3.05) is 32.6 Å². The van der Waals surface area contributed by atoms with Crippen LogP contribution >= 0.6 is 0 Å². The van der Waals surface area contributed by atoms with Crippen LogP contribution in [0.5, 0.6) is 0 Å². The highest BCUT2D eigenvalue weighted by Crippen LogP contribution is 2.39. The highest BCUT2D eigenvalue weighted by Gasteiger charge is 2.36. The van der Waals surface area contributed by atoms with Gasteiger partial charge in [-0.15, -0.1) is 0 Å². The van der Waals surface area contributed by atoms with Crippen molar-refractivity contribution in [3.8, 4) is 0 Å². The Balaban J connectivity index is 2.17. The maximum Gasteiger partial charge on any atom is 0.269 e. The number of nitro groups is 1.